The fourth-order valence-electron chi connectivity index (χ4n) is 2.67. The maximum absolute atomic E-state index is 11.1. The summed E-state index contributed by atoms with van der Waals surface area (Å²) in [5.74, 6) is 4.63. The van der Waals surface area contributed by atoms with Crippen LogP contribution < -0.4 is 30.0 Å². The van der Waals surface area contributed by atoms with Gasteiger partial charge in [-0.05, 0) is 31.2 Å². The van der Waals surface area contributed by atoms with Gasteiger partial charge in [-0.25, -0.2) is 14.4 Å². The van der Waals surface area contributed by atoms with Gasteiger partial charge in [0.15, 0.2) is 23.0 Å². The van der Waals surface area contributed by atoms with Crippen molar-refractivity contribution >= 4 is 35.4 Å². The molecule has 4 N–H and O–H groups in total. The van der Waals surface area contributed by atoms with E-state index in [-0.39, 0.29) is 34.6 Å². The molecule has 15 heteroatoms. The number of hydrogen-bond donors (Lipinski definition) is 3. The number of esters is 3. The molecule has 0 saturated carbocycles. The molecule has 0 amide bonds. The molecule has 15 nitrogen and oxygen atoms in total. The van der Waals surface area contributed by atoms with Gasteiger partial charge in [-0.3, -0.25) is 0 Å². The third kappa shape index (κ3) is 15.9. The van der Waals surface area contributed by atoms with Crippen molar-refractivity contribution < 1.29 is 62.2 Å². The lowest BCUT2D eigenvalue weighted by Crippen LogP contribution is -2.02. The van der Waals surface area contributed by atoms with E-state index >= 15 is 0 Å². The van der Waals surface area contributed by atoms with Crippen LogP contribution in [-0.2, 0) is 38.2 Å². The summed E-state index contributed by atoms with van der Waals surface area (Å²) >= 11 is 0. The van der Waals surface area contributed by atoms with E-state index in [1.165, 1.54) is 27.4 Å². The van der Waals surface area contributed by atoms with Gasteiger partial charge in [-0.15, -0.1) is 0 Å². The number of aliphatic hydroxyl groups excluding tert-OH is 1. The summed E-state index contributed by atoms with van der Waals surface area (Å²) in [5.41, 5.74) is 7.63. The van der Waals surface area contributed by atoms with E-state index in [9.17, 15) is 14.4 Å². The Morgan fingerprint density at radius 3 is 1.73 bits per heavy atom. The Kier molecular flexibility index (Phi) is 24.3. The number of rotatable bonds is 3. The number of nitrogens with one attached hydrogen (secondary N) is 1. The number of fused-ring (bicyclic) bond motifs is 2. The van der Waals surface area contributed by atoms with Crippen LogP contribution in [-0.4, -0.2) is 71.2 Å². The zero-order valence-corrected chi connectivity index (χ0v) is 23.4. The number of hydrogen-bond acceptors (Lipinski definition) is 15. The van der Waals surface area contributed by atoms with Gasteiger partial charge in [0, 0.05) is 30.7 Å². The molecule has 0 fully saturated rings. The van der Waals surface area contributed by atoms with Crippen molar-refractivity contribution in [1.82, 2.24) is 0 Å². The van der Waals surface area contributed by atoms with Crippen LogP contribution in [0.5, 0.6) is 23.0 Å². The Labute approximate surface area is 255 Å². The van der Waals surface area contributed by atoms with Crippen LogP contribution in [0.25, 0.3) is 0 Å². The quantitative estimate of drug-likeness (QED) is 0.112. The number of ether oxygens (including phenoxy) is 7. The Bertz CT molecular complexity index is 1290. The Hall–Kier alpha value is -5.71. The van der Waals surface area contributed by atoms with Crippen molar-refractivity contribution in [3.8, 4) is 34.8 Å². The number of anilines is 2. The second-order valence-electron chi connectivity index (χ2n) is 6.91. The molecule has 0 aliphatic carbocycles. The van der Waals surface area contributed by atoms with Crippen molar-refractivity contribution in [3.63, 3.8) is 0 Å². The molecule has 0 spiro atoms. The maximum Gasteiger partial charge on any atom is 0.384 e. The van der Waals surface area contributed by atoms with Gasteiger partial charge in [-0.2, -0.15) is 9.59 Å². The Morgan fingerprint density at radius 1 is 0.818 bits per heavy atom. The normalized spacial score (nSPS) is 10.2. The average Bonchev–Trinajstić information content (AvgIpc) is 3.69. The predicted octanol–water partition coefficient (Wildman–Crippen LogP) is 2.53. The molecule has 0 atom stereocenters. The lowest BCUT2D eigenvalue weighted by molar-refractivity contribution is -0.191. The predicted molar refractivity (Wildman–Crippen MR) is 157 cm³/mol. The molecule has 242 valence electrons. The second kappa shape index (κ2) is 25.0. The number of benzene rings is 2. The third-order valence-electron chi connectivity index (χ3n) is 4.33. The van der Waals surface area contributed by atoms with Gasteiger partial charge in [-0.1, -0.05) is 27.0 Å². The highest BCUT2D eigenvalue weighted by Crippen LogP contribution is 2.39. The summed E-state index contributed by atoms with van der Waals surface area (Å²) in [4.78, 5) is 47.8. The number of para-hydroxylation sites is 2. The fraction of sp³-hybridized carbons (Fsp3) is 0.310. The SMILES string of the molecule is C.C.CO.COC(=O)/C=C(\C)Nc1cccc2c1OCO2.COC(=O)C#CC(=O)OC.Nc1cccc2c1OCO2.O=C=O. The molecule has 0 unspecified atom stereocenters. The summed E-state index contributed by atoms with van der Waals surface area (Å²) in [6.45, 7) is 2.27. The standard InChI is InChI=1S/C12H13NO4.C7H7NO2.C6H6O4.CO2.CH4O.2CH4/c1-8(6-11(14)15-2)13-9-4-3-5-10-12(9)17-7-16-10;8-5-2-1-3-6-7(5)10-4-9-6;1-9-5(7)3-4-6(8)10-2;2-1-3;1-2;;/h3-6,13H,7H2,1-2H3;1-3H,4,8H2;1-2H3;;2H,1H3;2*1H4/b8-6+;;;;;;. The first-order chi connectivity index (χ1) is 20.2. The summed E-state index contributed by atoms with van der Waals surface area (Å²) in [6, 6.07) is 11.0. The van der Waals surface area contributed by atoms with Crippen LogP contribution in [0.3, 0.4) is 0 Å². The summed E-state index contributed by atoms with van der Waals surface area (Å²) in [7, 11) is 4.69. The number of carbonyl (C=O) groups excluding carboxylic acids is 5. The molecule has 0 saturated heterocycles. The minimum Gasteiger partial charge on any atom is -0.466 e. The van der Waals surface area contributed by atoms with Crippen LogP contribution in [0.2, 0.25) is 0 Å². The molecule has 44 heavy (non-hydrogen) atoms. The van der Waals surface area contributed by atoms with Gasteiger partial charge >= 0.3 is 24.1 Å². The van der Waals surface area contributed by atoms with Crippen molar-refractivity contribution in [1.29, 1.82) is 0 Å². The number of methoxy groups -OCH3 is 3. The minimum atomic E-state index is -0.759. The number of nitrogens with two attached hydrogens (primary N) is 1. The fourth-order valence-corrected chi connectivity index (χ4v) is 2.67. The van der Waals surface area contributed by atoms with Crippen LogP contribution >= 0.6 is 0 Å². The Balaban J connectivity index is -0.000000544. The summed E-state index contributed by atoms with van der Waals surface area (Å²) in [5, 5.41) is 10.1. The summed E-state index contributed by atoms with van der Waals surface area (Å²) in [6.07, 6.45) is 1.62. The van der Waals surface area contributed by atoms with Crippen LogP contribution in [0, 0.1) is 11.8 Å². The molecule has 0 aromatic heterocycles. The smallest absolute Gasteiger partial charge is 0.384 e. The largest absolute Gasteiger partial charge is 0.466 e. The van der Waals surface area contributed by atoms with E-state index in [1.807, 2.05) is 42.2 Å². The van der Waals surface area contributed by atoms with Gasteiger partial charge in [0.1, 0.15) is 0 Å². The van der Waals surface area contributed by atoms with E-state index in [0.29, 0.717) is 28.6 Å². The van der Waals surface area contributed by atoms with Gasteiger partial charge in [0.2, 0.25) is 13.6 Å². The molecular weight excluding hydrogens is 584 g/mol. The summed E-state index contributed by atoms with van der Waals surface area (Å²) < 4.78 is 33.5. The van der Waals surface area contributed by atoms with Gasteiger partial charge < -0.3 is 49.3 Å². The number of aliphatic hydroxyl groups is 1. The topological polar surface area (TPSA) is 208 Å². The van der Waals surface area contributed by atoms with E-state index < -0.39 is 17.9 Å². The monoisotopic (exact) mass is 622 g/mol. The lowest BCUT2D eigenvalue weighted by atomic mass is 10.2. The molecular formula is C29H38N2O13. The number of carbonyl (C=O) groups is 3. The highest BCUT2D eigenvalue weighted by Gasteiger charge is 2.17. The van der Waals surface area contributed by atoms with Crippen LogP contribution in [0.15, 0.2) is 48.2 Å². The highest BCUT2D eigenvalue weighted by atomic mass is 16.7. The van der Waals surface area contributed by atoms with E-state index in [4.69, 9.17) is 39.4 Å². The van der Waals surface area contributed by atoms with Gasteiger partial charge in [0.25, 0.3) is 0 Å². The molecule has 2 aromatic carbocycles. The molecule has 2 aliphatic rings. The number of nitrogen functional groups attached to an aromatic ring is 1. The average molecular weight is 623 g/mol. The molecule has 0 radical (unpaired) electrons. The van der Waals surface area contributed by atoms with E-state index in [0.717, 1.165) is 18.5 Å². The molecule has 2 heterocycles. The minimum absolute atomic E-state index is 0. The van der Waals surface area contributed by atoms with Crippen molar-refractivity contribution in [2.24, 2.45) is 0 Å². The van der Waals surface area contributed by atoms with Crippen molar-refractivity contribution in [2.45, 2.75) is 21.8 Å². The van der Waals surface area contributed by atoms with Gasteiger partial charge in [0.05, 0.1) is 32.7 Å². The van der Waals surface area contributed by atoms with Crippen LogP contribution in [0.1, 0.15) is 21.8 Å². The first kappa shape index (κ1) is 42.8. The van der Waals surface area contributed by atoms with Crippen molar-refractivity contribution in [3.05, 3.63) is 48.2 Å². The first-order valence-electron chi connectivity index (χ1n) is 11.4. The number of allylic oxidation sites excluding steroid dienone is 1. The van der Waals surface area contributed by atoms with Crippen molar-refractivity contribution in [2.75, 3.05) is 53.1 Å². The second-order valence-corrected chi connectivity index (χ2v) is 6.91. The van der Waals surface area contributed by atoms with E-state index in [2.05, 4.69) is 19.5 Å². The third-order valence-corrected chi connectivity index (χ3v) is 4.33. The molecule has 4 rings (SSSR count). The maximum atomic E-state index is 11.1. The lowest BCUT2D eigenvalue weighted by Gasteiger charge is -2.08. The van der Waals surface area contributed by atoms with Crippen LogP contribution in [0.4, 0.5) is 11.4 Å². The zero-order chi connectivity index (χ0) is 31.9. The highest BCUT2D eigenvalue weighted by molar-refractivity contribution is 5.98. The first-order valence-corrected chi connectivity index (χ1v) is 11.4. The molecule has 2 aromatic rings. The molecule has 2 aliphatic heterocycles. The zero-order valence-electron chi connectivity index (χ0n) is 23.4. The molecule has 0 bridgehead atoms. The Morgan fingerprint density at radius 2 is 1.27 bits per heavy atom. The van der Waals surface area contributed by atoms with E-state index in [1.54, 1.807) is 13.0 Å².